The van der Waals surface area contributed by atoms with Crippen LogP contribution in [0.15, 0.2) is 0 Å². The molecule has 0 spiro atoms. The standard InChI is InChI=1S/C24H51N/c1-7-13-16-22(10-4)19-25(20-23(11-5)17-14-8-2)21-24(12-6)18-15-9-3/h22-24H,7-21H2,1-6H3/t22-,23-,24-/m1/s1. The molecular weight excluding hydrogens is 302 g/mol. The fourth-order valence-corrected chi connectivity index (χ4v) is 4.07. The van der Waals surface area contributed by atoms with Gasteiger partial charge in [-0.25, -0.2) is 0 Å². The maximum absolute atomic E-state index is 2.89. The first kappa shape index (κ1) is 25.0. The molecule has 152 valence electrons. The van der Waals surface area contributed by atoms with E-state index in [4.69, 9.17) is 0 Å². The number of rotatable bonds is 18. The molecule has 0 amide bonds. The molecule has 0 saturated heterocycles. The monoisotopic (exact) mass is 353 g/mol. The first-order valence-electron chi connectivity index (χ1n) is 11.9. The molecule has 0 aliphatic heterocycles. The molecule has 1 nitrogen and oxygen atoms in total. The van der Waals surface area contributed by atoms with Crippen LogP contribution in [-0.4, -0.2) is 24.5 Å². The van der Waals surface area contributed by atoms with E-state index in [9.17, 15) is 0 Å². The molecule has 0 aromatic rings. The van der Waals surface area contributed by atoms with Crippen molar-refractivity contribution in [1.82, 2.24) is 4.90 Å². The van der Waals surface area contributed by atoms with Crippen molar-refractivity contribution in [2.75, 3.05) is 19.6 Å². The summed E-state index contributed by atoms with van der Waals surface area (Å²) in [5.74, 6) is 2.73. The van der Waals surface area contributed by atoms with Crippen LogP contribution in [0.2, 0.25) is 0 Å². The summed E-state index contributed by atoms with van der Waals surface area (Å²) in [5.41, 5.74) is 0. The zero-order chi connectivity index (χ0) is 18.9. The normalized spacial score (nSPS) is 15.5. The third-order valence-electron chi connectivity index (χ3n) is 6.18. The highest BCUT2D eigenvalue weighted by molar-refractivity contribution is 4.73. The van der Waals surface area contributed by atoms with E-state index in [1.165, 1.54) is 96.7 Å². The molecule has 3 atom stereocenters. The van der Waals surface area contributed by atoms with E-state index in [2.05, 4.69) is 46.4 Å². The van der Waals surface area contributed by atoms with Crippen LogP contribution in [0.3, 0.4) is 0 Å². The molecule has 0 heterocycles. The lowest BCUT2D eigenvalue weighted by Crippen LogP contribution is -2.37. The lowest BCUT2D eigenvalue weighted by molar-refractivity contribution is 0.152. The van der Waals surface area contributed by atoms with Crippen molar-refractivity contribution in [1.29, 1.82) is 0 Å². The molecule has 0 aliphatic carbocycles. The first-order chi connectivity index (χ1) is 12.1. The zero-order valence-corrected chi connectivity index (χ0v) is 18.8. The van der Waals surface area contributed by atoms with Gasteiger partial charge in [-0.3, -0.25) is 0 Å². The molecule has 1 heteroatoms. The molecule has 0 aliphatic rings. The molecular formula is C24H51N. The molecule has 0 unspecified atom stereocenters. The van der Waals surface area contributed by atoms with Gasteiger partial charge in [0.2, 0.25) is 0 Å². The SMILES string of the molecule is CCCC[C@@H](CC)CN(C[C@H](CC)CCCC)C[C@H](CC)CCCC. The molecule has 25 heavy (non-hydrogen) atoms. The summed E-state index contributed by atoms with van der Waals surface area (Å²) < 4.78 is 0. The van der Waals surface area contributed by atoms with Crippen LogP contribution in [0.1, 0.15) is 119 Å². The van der Waals surface area contributed by atoms with Crippen molar-refractivity contribution < 1.29 is 0 Å². The Bertz CT molecular complexity index is 220. The molecule has 0 bridgehead atoms. The van der Waals surface area contributed by atoms with Crippen LogP contribution in [0.5, 0.6) is 0 Å². The molecule has 0 radical (unpaired) electrons. The third-order valence-corrected chi connectivity index (χ3v) is 6.18. The van der Waals surface area contributed by atoms with Crippen molar-refractivity contribution in [3.63, 3.8) is 0 Å². The fourth-order valence-electron chi connectivity index (χ4n) is 4.07. The van der Waals surface area contributed by atoms with E-state index in [0.29, 0.717) is 0 Å². The Labute approximate surface area is 161 Å². The van der Waals surface area contributed by atoms with Gasteiger partial charge >= 0.3 is 0 Å². The van der Waals surface area contributed by atoms with Gasteiger partial charge in [0, 0.05) is 19.6 Å². The number of hydrogen-bond acceptors (Lipinski definition) is 1. The summed E-state index contributed by atoms with van der Waals surface area (Å²) in [6, 6.07) is 0. The van der Waals surface area contributed by atoms with Gasteiger partial charge in [-0.1, -0.05) is 99.3 Å². The van der Waals surface area contributed by atoms with Crippen molar-refractivity contribution in [3.05, 3.63) is 0 Å². The molecule has 0 fully saturated rings. The second kappa shape index (κ2) is 17.4. The minimum Gasteiger partial charge on any atom is -0.303 e. The van der Waals surface area contributed by atoms with Crippen LogP contribution in [0.25, 0.3) is 0 Å². The second-order valence-corrected chi connectivity index (χ2v) is 8.47. The van der Waals surface area contributed by atoms with Crippen molar-refractivity contribution in [3.8, 4) is 0 Å². The van der Waals surface area contributed by atoms with E-state index in [1.807, 2.05) is 0 Å². The molecule has 0 saturated carbocycles. The van der Waals surface area contributed by atoms with Crippen LogP contribution >= 0.6 is 0 Å². The minimum atomic E-state index is 0.910. The first-order valence-corrected chi connectivity index (χ1v) is 11.9. The van der Waals surface area contributed by atoms with E-state index in [0.717, 1.165) is 17.8 Å². The van der Waals surface area contributed by atoms with E-state index in [-0.39, 0.29) is 0 Å². The van der Waals surface area contributed by atoms with Crippen LogP contribution in [0, 0.1) is 17.8 Å². The van der Waals surface area contributed by atoms with Gasteiger partial charge in [-0.05, 0) is 37.0 Å². The molecule has 0 aromatic heterocycles. The van der Waals surface area contributed by atoms with Crippen molar-refractivity contribution in [2.45, 2.75) is 119 Å². The van der Waals surface area contributed by atoms with Gasteiger partial charge in [0.05, 0.1) is 0 Å². The summed E-state index contributed by atoms with van der Waals surface area (Å²) in [4.78, 5) is 2.89. The largest absolute Gasteiger partial charge is 0.303 e. The quantitative estimate of drug-likeness (QED) is 0.242. The van der Waals surface area contributed by atoms with Crippen LogP contribution < -0.4 is 0 Å². The molecule has 0 rings (SSSR count). The summed E-state index contributed by atoms with van der Waals surface area (Å²) in [5, 5.41) is 0. The lowest BCUT2D eigenvalue weighted by Gasteiger charge is -2.33. The van der Waals surface area contributed by atoms with Crippen LogP contribution in [0.4, 0.5) is 0 Å². The fraction of sp³-hybridized carbons (Fsp3) is 1.00. The summed E-state index contributed by atoms with van der Waals surface area (Å²) in [6.45, 7) is 18.3. The highest BCUT2D eigenvalue weighted by Gasteiger charge is 2.19. The highest BCUT2D eigenvalue weighted by atomic mass is 15.1. The van der Waals surface area contributed by atoms with Gasteiger partial charge in [0.25, 0.3) is 0 Å². The number of nitrogens with zero attached hydrogens (tertiary/aromatic N) is 1. The predicted octanol–water partition coefficient (Wildman–Crippen LogP) is 7.94. The average Bonchev–Trinajstić information content (AvgIpc) is 2.64. The van der Waals surface area contributed by atoms with E-state index >= 15 is 0 Å². The number of unbranched alkanes of at least 4 members (excludes halogenated alkanes) is 3. The smallest absolute Gasteiger partial charge is 0.000979 e. The Morgan fingerprint density at radius 2 is 0.760 bits per heavy atom. The average molecular weight is 354 g/mol. The van der Waals surface area contributed by atoms with Gasteiger partial charge in [-0.15, -0.1) is 0 Å². The second-order valence-electron chi connectivity index (χ2n) is 8.47. The van der Waals surface area contributed by atoms with Gasteiger partial charge in [0.1, 0.15) is 0 Å². The molecule has 0 N–H and O–H groups in total. The summed E-state index contributed by atoms with van der Waals surface area (Å²) in [6.07, 6.45) is 16.6. The van der Waals surface area contributed by atoms with Crippen molar-refractivity contribution >= 4 is 0 Å². The summed E-state index contributed by atoms with van der Waals surface area (Å²) >= 11 is 0. The Hall–Kier alpha value is -0.0400. The van der Waals surface area contributed by atoms with Gasteiger partial charge in [-0.2, -0.15) is 0 Å². The Balaban J connectivity index is 4.80. The van der Waals surface area contributed by atoms with Gasteiger partial charge in [0.15, 0.2) is 0 Å². The van der Waals surface area contributed by atoms with Crippen LogP contribution in [-0.2, 0) is 0 Å². The van der Waals surface area contributed by atoms with Gasteiger partial charge < -0.3 is 4.90 Å². The maximum Gasteiger partial charge on any atom is 0.000979 e. The predicted molar refractivity (Wildman–Crippen MR) is 116 cm³/mol. The third kappa shape index (κ3) is 12.9. The molecule has 0 aromatic carbocycles. The Kier molecular flexibility index (Phi) is 17.3. The number of hydrogen-bond donors (Lipinski definition) is 0. The Morgan fingerprint density at radius 3 is 0.960 bits per heavy atom. The van der Waals surface area contributed by atoms with E-state index in [1.54, 1.807) is 0 Å². The van der Waals surface area contributed by atoms with Crippen molar-refractivity contribution in [2.24, 2.45) is 17.8 Å². The lowest BCUT2D eigenvalue weighted by atomic mass is 9.93. The topological polar surface area (TPSA) is 3.24 Å². The highest BCUT2D eigenvalue weighted by Crippen LogP contribution is 2.22. The Morgan fingerprint density at radius 1 is 0.480 bits per heavy atom. The minimum absolute atomic E-state index is 0.910. The van der Waals surface area contributed by atoms with E-state index < -0.39 is 0 Å². The zero-order valence-electron chi connectivity index (χ0n) is 18.8. The maximum atomic E-state index is 2.89. The summed E-state index contributed by atoms with van der Waals surface area (Å²) in [7, 11) is 0.